The topological polar surface area (TPSA) is 66.0 Å². The number of aryl methyl sites for hydroxylation is 1. The van der Waals surface area contributed by atoms with Gasteiger partial charge in [0.2, 0.25) is 0 Å². The molecule has 3 aromatic rings. The van der Waals surface area contributed by atoms with Gasteiger partial charge >= 0.3 is 0 Å². The van der Waals surface area contributed by atoms with Crippen LogP contribution in [0.1, 0.15) is 0 Å². The molecule has 0 radical (unpaired) electrons. The zero-order valence-electron chi connectivity index (χ0n) is 11.2. The van der Waals surface area contributed by atoms with E-state index in [4.69, 9.17) is 10.5 Å². The summed E-state index contributed by atoms with van der Waals surface area (Å²) < 4.78 is 7.17. The molecule has 0 saturated heterocycles. The monoisotopic (exact) mass is 286 g/mol. The molecule has 2 N–H and O–H groups in total. The highest BCUT2D eigenvalue weighted by molar-refractivity contribution is 7.19. The molecule has 0 unspecified atom stereocenters. The Morgan fingerprint density at radius 2 is 2.10 bits per heavy atom. The van der Waals surface area contributed by atoms with Crippen molar-refractivity contribution in [3.63, 3.8) is 0 Å². The van der Waals surface area contributed by atoms with E-state index in [0.29, 0.717) is 5.13 Å². The third kappa shape index (κ3) is 2.14. The first kappa shape index (κ1) is 12.7. The minimum Gasteiger partial charge on any atom is -0.496 e. The molecular formula is C14H14N4OS. The fourth-order valence-corrected chi connectivity index (χ4v) is 2.98. The summed E-state index contributed by atoms with van der Waals surface area (Å²) >= 11 is 1.45. The van der Waals surface area contributed by atoms with Crippen molar-refractivity contribution in [3.8, 4) is 27.4 Å². The molecule has 0 aliphatic heterocycles. The number of para-hydroxylation sites is 1. The lowest BCUT2D eigenvalue weighted by Crippen LogP contribution is -1.88. The number of aromatic nitrogens is 3. The maximum Gasteiger partial charge on any atom is 0.181 e. The summed E-state index contributed by atoms with van der Waals surface area (Å²) in [6.07, 6.45) is 3.71. The maximum atomic E-state index is 5.89. The predicted molar refractivity (Wildman–Crippen MR) is 80.7 cm³/mol. The maximum absolute atomic E-state index is 5.89. The van der Waals surface area contributed by atoms with Gasteiger partial charge in [0.1, 0.15) is 5.75 Å². The molecule has 1 aromatic carbocycles. The van der Waals surface area contributed by atoms with E-state index in [9.17, 15) is 0 Å². The van der Waals surface area contributed by atoms with Crippen LogP contribution in [0, 0.1) is 0 Å². The standard InChI is InChI=1S/C14H14N4OS/c1-18-8-9(7-16-18)12-13(20-14(15)17-12)10-5-3-4-6-11(10)19-2/h3-8H,1-2H3,(H2,15,17). The van der Waals surface area contributed by atoms with Crippen molar-refractivity contribution in [2.24, 2.45) is 7.05 Å². The minimum absolute atomic E-state index is 0.532. The van der Waals surface area contributed by atoms with E-state index in [-0.39, 0.29) is 0 Å². The summed E-state index contributed by atoms with van der Waals surface area (Å²) in [5, 5.41) is 4.72. The van der Waals surface area contributed by atoms with Crippen LogP contribution < -0.4 is 10.5 Å². The highest BCUT2D eigenvalue weighted by Gasteiger charge is 2.17. The number of ether oxygens (including phenoxy) is 1. The summed E-state index contributed by atoms with van der Waals surface area (Å²) in [6, 6.07) is 7.85. The molecule has 102 valence electrons. The van der Waals surface area contributed by atoms with Crippen LogP contribution in [-0.2, 0) is 7.05 Å². The molecule has 0 fully saturated rings. The van der Waals surface area contributed by atoms with Gasteiger partial charge < -0.3 is 10.5 Å². The molecule has 0 bridgehead atoms. The van der Waals surface area contributed by atoms with Gasteiger partial charge in [-0.1, -0.05) is 23.5 Å². The molecule has 0 atom stereocenters. The summed E-state index contributed by atoms with van der Waals surface area (Å²) in [5.74, 6) is 0.807. The molecule has 0 amide bonds. The van der Waals surface area contributed by atoms with Crippen LogP contribution in [0.2, 0.25) is 0 Å². The van der Waals surface area contributed by atoms with Crippen molar-refractivity contribution >= 4 is 16.5 Å². The summed E-state index contributed by atoms with van der Waals surface area (Å²) in [6.45, 7) is 0. The van der Waals surface area contributed by atoms with Crippen molar-refractivity contribution in [3.05, 3.63) is 36.7 Å². The number of nitrogen functional groups attached to an aromatic ring is 1. The van der Waals surface area contributed by atoms with Gasteiger partial charge in [0.05, 0.1) is 23.9 Å². The molecule has 5 nitrogen and oxygen atoms in total. The lowest BCUT2D eigenvalue weighted by atomic mass is 10.1. The first-order valence-corrected chi connectivity index (χ1v) is 6.89. The van der Waals surface area contributed by atoms with Crippen molar-refractivity contribution in [2.75, 3.05) is 12.8 Å². The zero-order valence-corrected chi connectivity index (χ0v) is 12.0. The van der Waals surface area contributed by atoms with Gasteiger partial charge in [-0.25, -0.2) is 4.98 Å². The molecule has 0 aliphatic rings. The Balaban J connectivity index is 2.19. The van der Waals surface area contributed by atoms with Crippen LogP contribution in [0.15, 0.2) is 36.7 Å². The second-order valence-electron chi connectivity index (χ2n) is 4.33. The lowest BCUT2D eigenvalue weighted by molar-refractivity contribution is 0.416. The van der Waals surface area contributed by atoms with Gasteiger partial charge in [0.15, 0.2) is 5.13 Å². The van der Waals surface area contributed by atoms with Crippen molar-refractivity contribution in [2.45, 2.75) is 0 Å². The zero-order chi connectivity index (χ0) is 14.1. The Morgan fingerprint density at radius 1 is 1.30 bits per heavy atom. The number of nitrogens with two attached hydrogens (primary N) is 1. The summed E-state index contributed by atoms with van der Waals surface area (Å²) in [4.78, 5) is 5.43. The van der Waals surface area contributed by atoms with Gasteiger partial charge in [-0.15, -0.1) is 0 Å². The first-order valence-electron chi connectivity index (χ1n) is 6.07. The second-order valence-corrected chi connectivity index (χ2v) is 5.36. The van der Waals surface area contributed by atoms with E-state index in [0.717, 1.165) is 27.4 Å². The highest BCUT2D eigenvalue weighted by atomic mass is 32.1. The van der Waals surface area contributed by atoms with E-state index in [2.05, 4.69) is 10.1 Å². The van der Waals surface area contributed by atoms with Gasteiger partial charge in [0.25, 0.3) is 0 Å². The van der Waals surface area contributed by atoms with Crippen LogP contribution in [-0.4, -0.2) is 21.9 Å². The Hall–Kier alpha value is -2.34. The van der Waals surface area contributed by atoms with E-state index in [1.54, 1.807) is 18.0 Å². The number of anilines is 1. The molecule has 6 heteroatoms. The lowest BCUT2D eigenvalue weighted by Gasteiger charge is -2.07. The quantitative estimate of drug-likeness (QED) is 0.804. The van der Waals surface area contributed by atoms with E-state index < -0.39 is 0 Å². The molecule has 2 aromatic heterocycles. The van der Waals surface area contributed by atoms with E-state index in [1.165, 1.54) is 11.3 Å². The van der Waals surface area contributed by atoms with Crippen LogP contribution in [0.4, 0.5) is 5.13 Å². The fraction of sp³-hybridized carbons (Fsp3) is 0.143. The van der Waals surface area contributed by atoms with Gasteiger partial charge in [-0.3, -0.25) is 4.68 Å². The molecule has 20 heavy (non-hydrogen) atoms. The average Bonchev–Trinajstić information content (AvgIpc) is 3.04. The van der Waals surface area contributed by atoms with Crippen molar-refractivity contribution in [1.82, 2.24) is 14.8 Å². The number of hydrogen-bond acceptors (Lipinski definition) is 5. The normalized spacial score (nSPS) is 10.7. The predicted octanol–water partition coefficient (Wildman–Crippen LogP) is 2.80. The first-order chi connectivity index (χ1) is 9.69. The Labute approximate surface area is 120 Å². The highest BCUT2D eigenvalue weighted by Crippen LogP contribution is 2.41. The largest absolute Gasteiger partial charge is 0.496 e. The van der Waals surface area contributed by atoms with Gasteiger partial charge in [-0.2, -0.15) is 5.10 Å². The molecule has 0 saturated carbocycles. The number of thiazole rings is 1. The third-order valence-corrected chi connectivity index (χ3v) is 3.89. The Bertz CT molecular complexity index is 747. The molecule has 3 rings (SSSR count). The van der Waals surface area contributed by atoms with Crippen LogP contribution >= 0.6 is 11.3 Å². The Morgan fingerprint density at radius 3 is 2.80 bits per heavy atom. The van der Waals surface area contributed by atoms with Crippen molar-refractivity contribution in [1.29, 1.82) is 0 Å². The fourth-order valence-electron chi connectivity index (χ4n) is 2.09. The van der Waals surface area contributed by atoms with Gasteiger partial charge in [0, 0.05) is 24.4 Å². The number of nitrogens with zero attached hydrogens (tertiary/aromatic N) is 3. The molecule has 0 aliphatic carbocycles. The van der Waals surface area contributed by atoms with Crippen LogP contribution in [0.5, 0.6) is 5.75 Å². The summed E-state index contributed by atoms with van der Waals surface area (Å²) in [7, 11) is 3.54. The molecule has 2 heterocycles. The minimum atomic E-state index is 0.532. The SMILES string of the molecule is COc1ccccc1-c1sc(N)nc1-c1cnn(C)c1. The Kier molecular flexibility index (Phi) is 3.15. The number of rotatable bonds is 3. The van der Waals surface area contributed by atoms with Crippen molar-refractivity contribution < 1.29 is 4.74 Å². The number of benzene rings is 1. The summed E-state index contributed by atoms with van der Waals surface area (Å²) in [5.41, 5.74) is 8.66. The van der Waals surface area contributed by atoms with Gasteiger partial charge in [-0.05, 0) is 12.1 Å². The number of methoxy groups -OCH3 is 1. The smallest absolute Gasteiger partial charge is 0.181 e. The third-order valence-electron chi connectivity index (χ3n) is 2.97. The average molecular weight is 286 g/mol. The second kappa shape index (κ2) is 4.97. The van der Waals surface area contributed by atoms with Crippen LogP contribution in [0.25, 0.3) is 21.7 Å². The molecular weight excluding hydrogens is 272 g/mol. The molecule has 0 spiro atoms. The van der Waals surface area contributed by atoms with Crippen LogP contribution in [0.3, 0.4) is 0 Å². The number of hydrogen-bond donors (Lipinski definition) is 1. The van der Waals surface area contributed by atoms with E-state index in [1.807, 2.05) is 37.5 Å². The van der Waals surface area contributed by atoms with E-state index >= 15 is 0 Å².